The summed E-state index contributed by atoms with van der Waals surface area (Å²) < 4.78 is 21.6. The minimum atomic E-state index is -2.87. The van der Waals surface area contributed by atoms with Crippen molar-refractivity contribution in [2.75, 3.05) is 32.6 Å². The molecule has 0 spiro atoms. The first kappa shape index (κ1) is 13.9. The summed E-state index contributed by atoms with van der Waals surface area (Å²) in [6, 6.07) is 0. The van der Waals surface area contributed by atoms with Crippen LogP contribution in [-0.4, -0.2) is 57.2 Å². The number of aliphatic hydroxyl groups is 1. The lowest BCUT2D eigenvalue weighted by Crippen LogP contribution is -2.20. The number of hydrogen-bond donors (Lipinski definition) is 1. The molecule has 0 aliphatic heterocycles. The van der Waals surface area contributed by atoms with Crippen LogP contribution in [0.15, 0.2) is 0 Å². The van der Waals surface area contributed by atoms with Crippen molar-refractivity contribution in [3.05, 3.63) is 0 Å². The molecule has 1 unspecified atom stereocenters. The molecule has 0 saturated heterocycles. The van der Waals surface area contributed by atoms with Crippen molar-refractivity contribution in [2.24, 2.45) is 0 Å². The summed E-state index contributed by atoms with van der Waals surface area (Å²) in [5.41, 5.74) is 0. The van der Waals surface area contributed by atoms with Crippen LogP contribution in [0.25, 0.3) is 0 Å². The van der Waals surface area contributed by atoms with Crippen molar-refractivity contribution in [3.8, 4) is 0 Å². The Hall–Kier alpha value is -0.130. The van der Waals surface area contributed by atoms with E-state index in [4.69, 9.17) is 0 Å². The number of rotatable bonds is 7. The van der Waals surface area contributed by atoms with Crippen LogP contribution in [0, 0.1) is 0 Å². The molecular formula is C9H21NO3S. The Bertz CT molecular complexity index is 236. The number of hydrogen-bond acceptors (Lipinski definition) is 4. The quantitative estimate of drug-likeness (QED) is 0.666. The van der Waals surface area contributed by atoms with Crippen molar-refractivity contribution in [1.82, 2.24) is 4.90 Å². The lowest BCUT2D eigenvalue weighted by atomic mass is 10.1. The van der Waals surface area contributed by atoms with E-state index in [-0.39, 0.29) is 11.9 Å². The molecule has 0 aromatic rings. The Morgan fingerprint density at radius 3 is 2.29 bits per heavy atom. The molecule has 86 valence electrons. The fraction of sp³-hybridized carbons (Fsp3) is 1.00. The Kier molecular flexibility index (Phi) is 6.31. The lowest BCUT2D eigenvalue weighted by Gasteiger charge is -2.13. The predicted molar refractivity (Wildman–Crippen MR) is 58.1 cm³/mol. The average Bonchev–Trinajstić information content (AvgIpc) is 1.98. The van der Waals surface area contributed by atoms with Crippen LogP contribution in [0.4, 0.5) is 0 Å². The van der Waals surface area contributed by atoms with Gasteiger partial charge >= 0.3 is 0 Å². The van der Waals surface area contributed by atoms with E-state index >= 15 is 0 Å². The van der Waals surface area contributed by atoms with E-state index in [1.807, 2.05) is 19.0 Å². The zero-order valence-corrected chi connectivity index (χ0v) is 10.0. The van der Waals surface area contributed by atoms with E-state index < -0.39 is 9.84 Å². The van der Waals surface area contributed by atoms with E-state index in [1.54, 1.807) is 0 Å². The maximum atomic E-state index is 10.8. The first-order valence-electron chi connectivity index (χ1n) is 4.82. The van der Waals surface area contributed by atoms with Gasteiger partial charge in [0.15, 0.2) is 0 Å². The van der Waals surface area contributed by atoms with Gasteiger partial charge in [-0.3, -0.25) is 0 Å². The van der Waals surface area contributed by atoms with Gasteiger partial charge in [0.05, 0.1) is 6.10 Å². The second-order valence-electron chi connectivity index (χ2n) is 4.02. The lowest BCUT2D eigenvalue weighted by molar-refractivity contribution is 0.142. The van der Waals surface area contributed by atoms with Crippen LogP contribution in [-0.2, 0) is 9.84 Å². The average molecular weight is 223 g/mol. The number of sulfone groups is 1. The van der Waals surface area contributed by atoms with Crippen LogP contribution in [0.2, 0.25) is 0 Å². The SMILES string of the molecule is CN(C)CCC(O)CCCS(C)(=O)=O. The minimum absolute atomic E-state index is 0.173. The predicted octanol–water partition coefficient (Wildman–Crippen LogP) is 0.124. The second kappa shape index (κ2) is 6.37. The Morgan fingerprint density at radius 1 is 1.29 bits per heavy atom. The molecule has 1 N–H and O–H groups in total. The highest BCUT2D eigenvalue weighted by atomic mass is 32.2. The molecule has 0 heterocycles. The molecule has 0 aliphatic rings. The molecule has 0 aromatic carbocycles. The van der Waals surface area contributed by atoms with Gasteiger partial charge in [0.25, 0.3) is 0 Å². The molecule has 5 heteroatoms. The second-order valence-corrected chi connectivity index (χ2v) is 6.28. The van der Waals surface area contributed by atoms with E-state index in [0.29, 0.717) is 19.3 Å². The van der Waals surface area contributed by atoms with Crippen LogP contribution in [0.3, 0.4) is 0 Å². The summed E-state index contributed by atoms with van der Waals surface area (Å²) >= 11 is 0. The summed E-state index contributed by atoms with van der Waals surface area (Å²) in [5, 5.41) is 9.47. The van der Waals surface area contributed by atoms with Crippen molar-refractivity contribution < 1.29 is 13.5 Å². The first-order chi connectivity index (χ1) is 6.31. The molecule has 0 fully saturated rings. The molecule has 4 nitrogen and oxygen atoms in total. The molecule has 0 radical (unpaired) electrons. The zero-order valence-electron chi connectivity index (χ0n) is 9.23. The molecule has 0 aromatic heterocycles. The zero-order chi connectivity index (χ0) is 11.2. The standard InChI is InChI=1S/C9H21NO3S/c1-10(2)7-6-9(11)5-4-8-14(3,12)13/h9,11H,4-8H2,1-3H3. The van der Waals surface area contributed by atoms with Gasteiger partial charge in [0.2, 0.25) is 0 Å². The van der Waals surface area contributed by atoms with Gasteiger partial charge in [-0.1, -0.05) is 0 Å². The molecule has 0 aliphatic carbocycles. The third-order valence-corrected chi connectivity index (χ3v) is 2.99. The number of aliphatic hydroxyl groups excluding tert-OH is 1. The van der Waals surface area contributed by atoms with Gasteiger partial charge in [-0.05, 0) is 39.9 Å². The van der Waals surface area contributed by atoms with Crippen molar-refractivity contribution in [3.63, 3.8) is 0 Å². The monoisotopic (exact) mass is 223 g/mol. The van der Waals surface area contributed by atoms with Crippen molar-refractivity contribution in [1.29, 1.82) is 0 Å². The normalized spacial score (nSPS) is 14.6. The fourth-order valence-corrected chi connectivity index (χ4v) is 1.82. The Balaban J connectivity index is 3.50. The van der Waals surface area contributed by atoms with Gasteiger partial charge < -0.3 is 10.0 Å². The van der Waals surface area contributed by atoms with E-state index in [9.17, 15) is 13.5 Å². The molecule has 0 amide bonds. The summed E-state index contributed by atoms with van der Waals surface area (Å²) in [6.07, 6.45) is 2.67. The van der Waals surface area contributed by atoms with Gasteiger partial charge in [0.1, 0.15) is 9.84 Å². The smallest absolute Gasteiger partial charge is 0.147 e. The largest absolute Gasteiger partial charge is 0.393 e. The topological polar surface area (TPSA) is 57.6 Å². The van der Waals surface area contributed by atoms with Crippen LogP contribution in [0.1, 0.15) is 19.3 Å². The fourth-order valence-electron chi connectivity index (χ4n) is 1.13. The summed E-state index contributed by atoms with van der Waals surface area (Å²) in [4.78, 5) is 2.00. The highest BCUT2D eigenvalue weighted by Crippen LogP contribution is 2.03. The van der Waals surface area contributed by atoms with Crippen molar-refractivity contribution in [2.45, 2.75) is 25.4 Å². The summed E-state index contributed by atoms with van der Waals surface area (Å²) in [6.45, 7) is 0.833. The highest BCUT2D eigenvalue weighted by Gasteiger charge is 2.07. The van der Waals surface area contributed by atoms with E-state index in [0.717, 1.165) is 6.54 Å². The first-order valence-corrected chi connectivity index (χ1v) is 6.88. The van der Waals surface area contributed by atoms with Gasteiger partial charge in [-0.25, -0.2) is 8.42 Å². The molecule has 0 rings (SSSR count). The Morgan fingerprint density at radius 2 is 1.86 bits per heavy atom. The summed E-state index contributed by atoms with van der Waals surface area (Å²) in [7, 11) is 1.02. The van der Waals surface area contributed by atoms with Gasteiger partial charge in [-0.15, -0.1) is 0 Å². The van der Waals surface area contributed by atoms with Crippen LogP contribution in [0.5, 0.6) is 0 Å². The highest BCUT2D eigenvalue weighted by molar-refractivity contribution is 7.90. The maximum absolute atomic E-state index is 10.8. The van der Waals surface area contributed by atoms with Crippen LogP contribution >= 0.6 is 0 Å². The molecular weight excluding hydrogens is 202 g/mol. The third-order valence-electron chi connectivity index (χ3n) is 1.96. The third kappa shape index (κ3) is 9.95. The van der Waals surface area contributed by atoms with E-state index in [2.05, 4.69) is 0 Å². The molecule has 14 heavy (non-hydrogen) atoms. The Labute approximate surface area is 86.8 Å². The summed E-state index contributed by atoms with van der Waals surface area (Å²) in [5.74, 6) is 0.173. The molecule has 0 bridgehead atoms. The van der Waals surface area contributed by atoms with Crippen LogP contribution < -0.4 is 0 Å². The molecule has 0 saturated carbocycles. The van der Waals surface area contributed by atoms with Gasteiger partial charge in [0, 0.05) is 12.0 Å². The van der Waals surface area contributed by atoms with E-state index in [1.165, 1.54) is 6.26 Å². The maximum Gasteiger partial charge on any atom is 0.147 e. The van der Waals surface area contributed by atoms with Crippen molar-refractivity contribution >= 4 is 9.84 Å². The van der Waals surface area contributed by atoms with Gasteiger partial charge in [-0.2, -0.15) is 0 Å². The minimum Gasteiger partial charge on any atom is -0.393 e. The number of nitrogens with zero attached hydrogens (tertiary/aromatic N) is 1. The molecule has 1 atom stereocenters.